The van der Waals surface area contributed by atoms with Crippen LogP contribution >= 0.6 is 11.5 Å². The maximum atomic E-state index is 5.16. The van der Waals surface area contributed by atoms with E-state index in [0.29, 0.717) is 0 Å². The van der Waals surface area contributed by atoms with E-state index in [-0.39, 0.29) is 0 Å². The van der Waals surface area contributed by atoms with Crippen molar-refractivity contribution >= 4 is 16.5 Å². The molecule has 0 aromatic carbocycles. The topological polar surface area (TPSA) is 50.3 Å². The lowest BCUT2D eigenvalue weighted by Gasteiger charge is -2.20. The molecular weight excluding hydrogens is 236 g/mol. The van der Waals surface area contributed by atoms with Crippen molar-refractivity contribution in [3.8, 4) is 0 Å². The van der Waals surface area contributed by atoms with Gasteiger partial charge in [0, 0.05) is 44.3 Å². The monoisotopic (exact) mass is 256 g/mol. The Hall–Kier alpha value is -0.720. The Morgan fingerprint density at radius 1 is 1.53 bits per heavy atom. The molecule has 1 aromatic rings. The van der Waals surface area contributed by atoms with E-state index in [0.717, 1.165) is 43.0 Å². The maximum absolute atomic E-state index is 5.16. The summed E-state index contributed by atoms with van der Waals surface area (Å²) in [6.45, 7) is 5.65. The highest BCUT2D eigenvalue weighted by atomic mass is 32.1. The summed E-state index contributed by atoms with van der Waals surface area (Å²) in [5.41, 5.74) is 1.07. The molecule has 6 heteroatoms. The molecule has 0 amide bonds. The van der Waals surface area contributed by atoms with Gasteiger partial charge >= 0.3 is 0 Å². The number of hydrogen-bond acceptors (Lipinski definition) is 6. The van der Waals surface area contributed by atoms with Crippen molar-refractivity contribution in [2.45, 2.75) is 32.4 Å². The van der Waals surface area contributed by atoms with E-state index in [9.17, 15) is 0 Å². The fourth-order valence-corrected chi connectivity index (χ4v) is 2.48. The first-order valence-electron chi connectivity index (χ1n) is 6.13. The molecule has 2 rings (SSSR count). The molecule has 1 aliphatic rings. The average molecular weight is 256 g/mol. The Balaban J connectivity index is 1.93. The summed E-state index contributed by atoms with van der Waals surface area (Å²) in [6.07, 6.45) is 2.61. The summed E-state index contributed by atoms with van der Waals surface area (Å²) in [6, 6.07) is 0.723. The lowest BCUT2D eigenvalue weighted by molar-refractivity contribution is 0.139. The van der Waals surface area contributed by atoms with Crippen LogP contribution in [0.1, 0.15) is 25.5 Å². The predicted octanol–water partition coefficient (Wildman–Crippen LogP) is 1.58. The van der Waals surface area contributed by atoms with Crippen molar-refractivity contribution in [2.24, 2.45) is 0 Å². The molecule has 0 saturated heterocycles. The number of aromatic nitrogens is 2. The quantitative estimate of drug-likeness (QED) is 0.765. The van der Waals surface area contributed by atoms with Gasteiger partial charge in [0.2, 0.25) is 0 Å². The molecule has 17 heavy (non-hydrogen) atoms. The van der Waals surface area contributed by atoms with Gasteiger partial charge < -0.3 is 10.1 Å². The Kier molecular flexibility index (Phi) is 4.70. The largest absolute Gasteiger partial charge is 0.383 e. The van der Waals surface area contributed by atoms with Gasteiger partial charge in [-0.1, -0.05) is 4.49 Å². The van der Waals surface area contributed by atoms with E-state index in [4.69, 9.17) is 4.74 Å². The van der Waals surface area contributed by atoms with Crippen molar-refractivity contribution in [1.82, 2.24) is 14.5 Å². The molecule has 0 spiro atoms. The highest BCUT2D eigenvalue weighted by Gasteiger charge is 2.29. The maximum Gasteiger partial charge on any atom is 0.134 e. The van der Waals surface area contributed by atoms with Gasteiger partial charge in [-0.05, 0) is 19.8 Å². The van der Waals surface area contributed by atoms with Crippen LogP contribution in [-0.2, 0) is 11.3 Å². The normalized spacial score (nSPS) is 15.5. The average Bonchev–Trinajstić information content (AvgIpc) is 3.08. The fraction of sp³-hybridized carbons (Fsp3) is 0.818. The highest BCUT2D eigenvalue weighted by molar-refractivity contribution is 7.10. The zero-order valence-electron chi connectivity index (χ0n) is 10.5. The second-order valence-electron chi connectivity index (χ2n) is 4.27. The second-order valence-corrected chi connectivity index (χ2v) is 5.03. The number of nitrogens with one attached hydrogen (secondary N) is 1. The Morgan fingerprint density at radius 2 is 2.35 bits per heavy atom. The van der Waals surface area contributed by atoms with Crippen molar-refractivity contribution < 1.29 is 4.74 Å². The number of rotatable bonds is 8. The van der Waals surface area contributed by atoms with Crippen LogP contribution in [0.15, 0.2) is 0 Å². The van der Waals surface area contributed by atoms with Gasteiger partial charge in [-0.15, -0.1) is 5.10 Å². The third-order valence-electron chi connectivity index (χ3n) is 2.89. The van der Waals surface area contributed by atoms with Crippen LogP contribution in [0.25, 0.3) is 0 Å². The first-order valence-corrected chi connectivity index (χ1v) is 6.90. The van der Waals surface area contributed by atoms with E-state index in [2.05, 4.69) is 26.7 Å². The van der Waals surface area contributed by atoms with Crippen molar-refractivity contribution in [3.63, 3.8) is 0 Å². The number of hydrogen-bond donors (Lipinski definition) is 1. The van der Waals surface area contributed by atoms with E-state index < -0.39 is 0 Å². The summed E-state index contributed by atoms with van der Waals surface area (Å²) in [5, 5.41) is 8.64. The molecule has 96 valence electrons. The second kappa shape index (κ2) is 6.28. The summed E-state index contributed by atoms with van der Waals surface area (Å²) < 4.78 is 9.18. The van der Waals surface area contributed by atoms with Crippen molar-refractivity contribution in [2.75, 3.05) is 32.1 Å². The molecule has 5 nitrogen and oxygen atoms in total. The van der Waals surface area contributed by atoms with Gasteiger partial charge in [0.05, 0.1) is 6.61 Å². The highest BCUT2D eigenvalue weighted by Crippen LogP contribution is 2.29. The van der Waals surface area contributed by atoms with E-state index >= 15 is 0 Å². The van der Waals surface area contributed by atoms with Crippen LogP contribution in [0.4, 0.5) is 5.00 Å². The van der Waals surface area contributed by atoms with Crippen molar-refractivity contribution in [1.29, 1.82) is 0 Å². The minimum absolute atomic E-state index is 0.723. The molecule has 1 N–H and O–H groups in total. The first-order chi connectivity index (χ1) is 8.35. The Bertz CT molecular complexity index is 340. The molecule has 0 unspecified atom stereocenters. The number of methoxy groups -OCH3 is 1. The van der Waals surface area contributed by atoms with E-state index in [1.165, 1.54) is 24.4 Å². The lowest BCUT2D eigenvalue weighted by atomic mass is 10.3. The van der Waals surface area contributed by atoms with Gasteiger partial charge in [0.25, 0.3) is 0 Å². The zero-order chi connectivity index (χ0) is 12.1. The van der Waals surface area contributed by atoms with Crippen LogP contribution in [0, 0.1) is 0 Å². The van der Waals surface area contributed by atoms with Crippen LogP contribution < -0.4 is 5.32 Å². The number of nitrogens with zero attached hydrogens (tertiary/aromatic N) is 3. The summed E-state index contributed by atoms with van der Waals surface area (Å²) >= 11 is 1.44. The van der Waals surface area contributed by atoms with Gasteiger partial charge in [0.1, 0.15) is 10.7 Å². The van der Waals surface area contributed by atoms with Crippen LogP contribution in [0.5, 0.6) is 0 Å². The van der Waals surface area contributed by atoms with Crippen LogP contribution in [-0.4, -0.2) is 47.3 Å². The van der Waals surface area contributed by atoms with Gasteiger partial charge in [-0.3, -0.25) is 4.90 Å². The first kappa shape index (κ1) is 12.7. The van der Waals surface area contributed by atoms with Crippen LogP contribution in [0.3, 0.4) is 0 Å². The van der Waals surface area contributed by atoms with Gasteiger partial charge in [0.15, 0.2) is 0 Å². The molecular formula is C11H20N4OS. The SMILES string of the molecule is CCNc1snnc1CN(CCOC)C1CC1. The number of anilines is 1. The van der Waals surface area contributed by atoms with E-state index in [1.807, 2.05) is 0 Å². The molecule has 1 saturated carbocycles. The minimum Gasteiger partial charge on any atom is -0.383 e. The molecule has 1 aliphatic carbocycles. The summed E-state index contributed by atoms with van der Waals surface area (Å²) in [5.74, 6) is 0. The zero-order valence-corrected chi connectivity index (χ0v) is 11.3. The molecule has 1 aromatic heterocycles. The van der Waals surface area contributed by atoms with Crippen molar-refractivity contribution in [3.05, 3.63) is 5.69 Å². The smallest absolute Gasteiger partial charge is 0.134 e. The van der Waals surface area contributed by atoms with E-state index in [1.54, 1.807) is 7.11 Å². The summed E-state index contributed by atoms with van der Waals surface area (Å²) in [7, 11) is 1.75. The molecule has 0 bridgehead atoms. The summed E-state index contributed by atoms with van der Waals surface area (Å²) in [4.78, 5) is 2.45. The van der Waals surface area contributed by atoms with Crippen LogP contribution in [0.2, 0.25) is 0 Å². The van der Waals surface area contributed by atoms with Gasteiger partial charge in [-0.25, -0.2) is 0 Å². The molecule has 1 fully saturated rings. The molecule has 1 heterocycles. The third-order valence-corrected chi connectivity index (χ3v) is 3.62. The Morgan fingerprint density at radius 3 is 3.00 bits per heavy atom. The predicted molar refractivity (Wildman–Crippen MR) is 69.4 cm³/mol. The Labute approximate surface area is 106 Å². The molecule has 0 atom stereocenters. The molecule has 0 radical (unpaired) electrons. The minimum atomic E-state index is 0.723. The van der Waals surface area contributed by atoms with Gasteiger partial charge in [-0.2, -0.15) is 0 Å². The third kappa shape index (κ3) is 3.62. The molecule has 0 aliphatic heterocycles. The lowest BCUT2D eigenvalue weighted by Crippen LogP contribution is -2.29. The standard InChI is InChI=1S/C11H20N4OS/c1-3-12-11-10(13-14-17-11)8-15(6-7-16-2)9-4-5-9/h9,12H,3-8H2,1-2H3. The fourth-order valence-electron chi connectivity index (χ4n) is 1.84. The number of ether oxygens (including phenoxy) is 1.